The van der Waals surface area contributed by atoms with Gasteiger partial charge in [-0.2, -0.15) is 0 Å². The van der Waals surface area contributed by atoms with E-state index < -0.39 is 54.6 Å². The van der Waals surface area contributed by atoms with Crippen molar-refractivity contribution in [2.75, 3.05) is 0 Å². The van der Waals surface area contributed by atoms with Crippen molar-refractivity contribution in [3.63, 3.8) is 0 Å². The van der Waals surface area contributed by atoms with Crippen LogP contribution >= 0.6 is 0 Å². The molecule has 0 radical (unpaired) electrons. The van der Waals surface area contributed by atoms with Crippen molar-refractivity contribution in [2.45, 2.75) is 51.5 Å². The molecule has 1 fully saturated rings. The number of carbonyl (C=O) groups is 4. The number of aliphatic hydroxyl groups is 1. The second kappa shape index (κ2) is 7.18. The molecule has 0 aromatic carbocycles. The van der Waals surface area contributed by atoms with Gasteiger partial charge in [0, 0.05) is 20.8 Å². The van der Waals surface area contributed by atoms with Crippen molar-refractivity contribution < 1.29 is 48.3 Å². The van der Waals surface area contributed by atoms with Crippen LogP contribution in [-0.4, -0.2) is 64.8 Å². The molecule has 0 bridgehead atoms. The maximum Gasteiger partial charge on any atom is 0.337 e. The largest absolute Gasteiger partial charge is 0.479 e. The maximum atomic E-state index is 11.2. The molecule has 1 aliphatic heterocycles. The van der Waals surface area contributed by atoms with Gasteiger partial charge in [0.25, 0.3) is 0 Å². The Bertz CT molecular complexity index is 473. The first-order valence-corrected chi connectivity index (χ1v) is 6.21. The van der Waals surface area contributed by atoms with E-state index in [2.05, 4.69) is 0 Å². The molecule has 0 aliphatic carbocycles. The van der Waals surface area contributed by atoms with Crippen LogP contribution in [0.2, 0.25) is 0 Å². The highest BCUT2D eigenvalue weighted by Gasteiger charge is 2.53. The lowest BCUT2D eigenvalue weighted by atomic mass is 9.98. The van der Waals surface area contributed by atoms with Crippen molar-refractivity contribution in [3.8, 4) is 0 Å². The number of hydrogen-bond donors (Lipinski definition) is 2. The number of carboxylic acid groups (broad SMARTS) is 1. The average Bonchev–Trinajstić information content (AvgIpc) is 2.34. The standard InChI is InChI=1S/C12H16O10/c1-4(13)19-7-8(20-5(2)14)10(21-6(3)15)12(18)22-9(7)11(16)17/h7-10,12,18H,1-3H3,(H,16,17)/t7-,8-,9-,10+,12+/m1/s1. The Morgan fingerprint density at radius 2 is 1.23 bits per heavy atom. The number of esters is 3. The first kappa shape index (κ1) is 17.9. The summed E-state index contributed by atoms with van der Waals surface area (Å²) in [5, 5.41) is 18.9. The molecule has 1 rings (SSSR count). The summed E-state index contributed by atoms with van der Waals surface area (Å²) in [7, 11) is 0. The molecule has 1 aliphatic rings. The van der Waals surface area contributed by atoms with E-state index in [1.165, 1.54) is 0 Å². The fourth-order valence-electron chi connectivity index (χ4n) is 1.99. The Labute approximate surface area is 124 Å². The lowest BCUT2D eigenvalue weighted by Crippen LogP contribution is -2.63. The van der Waals surface area contributed by atoms with E-state index in [1.54, 1.807) is 0 Å². The summed E-state index contributed by atoms with van der Waals surface area (Å²) in [6.07, 6.45) is -8.33. The van der Waals surface area contributed by atoms with E-state index in [4.69, 9.17) is 24.1 Å². The van der Waals surface area contributed by atoms with E-state index >= 15 is 0 Å². The first-order valence-electron chi connectivity index (χ1n) is 6.21. The minimum Gasteiger partial charge on any atom is -0.479 e. The van der Waals surface area contributed by atoms with Gasteiger partial charge in [0.1, 0.15) is 0 Å². The van der Waals surface area contributed by atoms with E-state index in [0.29, 0.717) is 0 Å². The molecular weight excluding hydrogens is 304 g/mol. The summed E-state index contributed by atoms with van der Waals surface area (Å²) in [6, 6.07) is 0. The van der Waals surface area contributed by atoms with Crippen LogP contribution < -0.4 is 0 Å². The van der Waals surface area contributed by atoms with Crippen molar-refractivity contribution in [1.82, 2.24) is 0 Å². The SMILES string of the molecule is CC(=O)O[C@@H]1[C@@H](OC(C)=O)[C@H](C(=O)O)O[C@H](O)[C@H]1OC(C)=O. The van der Waals surface area contributed by atoms with Gasteiger partial charge < -0.3 is 29.2 Å². The molecule has 0 aromatic rings. The van der Waals surface area contributed by atoms with Gasteiger partial charge in [0.15, 0.2) is 30.7 Å². The lowest BCUT2D eigenvalue weighted by Gasteiger charge is -2.41. The third-order valence-electron chi connectivity index (χ3n) is 2.66. The average molecular weight is 320 g/mol. The summed E-state index contributed by atoms with van der Waals surface area (Å²) in [4.78, 5) is 44.6. The highest BCUT2D eigenvalue weighted by Crippen LogP contribution is 2.27. The predicted molar refractivity (Wildman–Crippen MR) is 65.2 cm³/mol. The third-order valence-corrected chi connectivity index (χ3v) is 2.66. The van der Waals surface area contributed by atoms with E-state index in [0.717, 1.165) is 20.8 Å². The zero-order chi connectivity index (χ0) is 17.0. The molecule has 2 N–H and O–H groups in total. The van der Waals surface area contributed by atoms with Crippen LogP contribution in [0.3, 0.4) is 0 Å². The minimum absolute atomic E-state index is 0.833. The Morgan fingerprint density at radius 3 is 1.64 bits per heavy atom. The van der Waals surface area contributed by atoms with E-state index in [-0.39, 0.29) is 0 Å². The van der Waals surface area contributed by atoms with Crippen LogP contribution in [0.5, 0.6) is 0 Å². The van der Waals surface area contributed by atoms with Gasteiger partial charge >= 0.3 is 23.9 Å². The third kappa shape index (κ3) is 4.40. The van der Waals surface area contributed by atoms with Crippen LogP contribution in [0.25, 0.3) is 0 Å². The Morgan fingerprint density at radius 1 is 0.818 bits per heavy atom. The quantitative estimate of drug-likeness (QED) is 0.467. The predicted octanol–water partition coefficient (Wildman–Crippen LogP) is -1.42. The van der Waals surface area contributed by atoms with E-state index in [1.807, 2.05) is 0 Å². The highest BCUT2D eigenvalue weighted by molar-refractivity contribution is 5.75. The molecule has 1 saturated heterocycles. The molecule has 22 heavy (non-hydrogen) atoms. The molecule has 0 unspecified atom stereocenters. The number of carbonyl (C=O) groups excluding carboxylic acids is 3. The van der Waals surface area contributed by atoms with Crippen molar-refractivity contribution in [3.05, 3.63) is 0 Å². The van der Waals surface area contributed by atoms with Gasteiger partial charge in [-0.15, -0.1) is 0 Å². The Hall–Kier alpha value is -2.20. The number of aliphatic carboxylic acids is 1. The fourth-order valence-corrected chi connectivity index (χ4v) is 1.99. The summed E-state index contributed by atoms with van der Waals surface area (Å²) in [6.45, 7) is 3.06. The second-order valence-electron chi connectivity index (χ2n) is 4.51. The van der Waals surface area contributed by atoms with Crippen molar-refractivity contribution in [1.29, 1.82) is 0 Å². The van der Waals surface area contributed by atoms with Crippen molar-refractivity contribution >= 4 is 23.9 Å². The van der Waals surface area contributed by atoms with E-state index in [9.17, 15) is 24.3 Å². The van der Waals surface area contributed by atoms with Crippen LogP contribution in [-0.2, 0) is 38.1 Å². The van der Waals surface area contributed by atoms with Gasteiger partial charge in [-0.3, -0.25) is 14.4 Å². The van der Waals surface area contributed by atoms with Crippen LogP contribution in [0.15, 0.2) is 0 Å². The molecule has 0 spiro atoms. The number of aliphatic hydroxyl groups excluding tert-OH is 1. The smallest absolute Gasteiger partial charge is 0.337 e. The van der Waals surface area contributed by atoms with Crippen LogP contribution in [0.1, 0.15) is 20.8 Å². The van der Waals surface area contributed by atoms with Crippen LogP contribution in [0.4, 0.5) is 0 Å². The van der Waals surface area contributed by atoms with Crippen molar-refractivity contribution in [2.24, 2.45) is 0 Å². The summed E-state index contributed by atoms with van der Waals surface area (Å²) in [5.41, 5.74) is 0. The number of rotatable bonds is 4. The monoisotopic (exact) mass is 320 g/mol. The fraction of sp³-hybridized carbons (Fsp3) is 0.667. The Balaban J connectivity index is 3.18. The van der Waals surface area contributed by atoms with Gasteiger partial charge in [-0.05, 0) is 0 Å². The first-order chi connectivity index (χ1) is 10.1. The molecule has 10 nitrogen and oxygen atoms in total. The topological polar surface area (TPSA) is 146 Å². The zero-order valence-electron chi connectivity index (χ0n) is 12.0. The molecule has 0 aromatic heterocycles. The summed E-state index contributed by atoms with van der Waals surface area (Å²) >= 11 is 0. The molecule has 0 saturated carbocycles. The molecule has 124 valence electrons. The maximum absolute atomic E-state index is 11.2. The summed E-state index contributed by atoms with van der Waals surface area (Å²) in [5.74, 6) is -4.10. The minimum atomic E-state index is -1.87. The second-order valence-corrected chi connectivity index (χ2v) is 4.51. The zero-order valence-corrected chi connectivity index (χ0v) is 12.0. The molecule has 5 atom stereocenters. The van der Waals surface area contributed by atoms with Gasteiger partial charge in [0.2, 0.25) is 0 Å². The molecule has 0 amide bonds. The number of carboxylic acids is 1. The molecule has 10 heteroatoms. The summed E-state index contributed by atoms with van der Waals surface area (Å²) < 4.78 is 19.3. The van der Waals surface area contributed by atoms with Gasteiger partial charge in [-0.1, -0.05) is 0 Å². The van der Waals surface area contributed by atoms with Gasteiger partial charge in [-0.25, -0.2) is 4.79 Å². The highest BCUT2D eigenvalue weighted by atomic mass is 16.7. The molecular formula is C12H16O10. The van der Waals surface area contributed by atoms with Gasteiger partial charge in [0.05, 0.1) is 0 Å². The lowest BCUT2D eigenvalue weighted by molar-refractivity contribution is -0.289. The van der Waals surface area contributed by atoms with Crippen LogP contribution in [0, 0.1) is 0 Å². The number of ether oxygens (including phenoxy) is 4. The molecule has 1 heterocycles. The number of hydrogen-bond acceptors (Lipinski definition) is 9. The Kier molecular flexibility index (Phi) is 5.83. The normalized spacial score (nSPS) is 31.0.